The zero-order valence-electron chi connectivity index (χ0n) is 21.4. The molecule has 0 atom stereocenters. The lowest BCUT2D eigenvalue weighted by atomic mass is 10.1. The number of benzene rings is 1. The first-order valence-corrected chi connectivity index (χ1v) is 12.7. The van der Waals surface area contributed by atoms with Gasteiger partial charge in [-0.25, -0.2) is 14.8 Å². The number of nitrogens with two attached hydrogens (primary N) is 1. The number of aromatic amines is 1. The van der Waals surface area contributed by atoms with Crippen LogP contribution in [0, 0.1) is 0 Å². The van der Waals surface area contributed by atoms with Crippen LogP contribution in [0.4, 0.5) is 5.69 Å². The highest BCUT2D eigenvalue weighted by molar-refractivity contribution is 5.71. The molecule has 37 heavy (non-hydrogen) atoms. The van der Waals surface area contributed by atoms with E-state index in [1.165, 1.54) is 10.9 Å². The van der Waals surface area contributed by atoms with Gasteiger partial charge in [-0.05, 0) is 31.0 Å². The van der Waals surface area contributed by atoms with E-state index in [1.807, 2.05) is 42.7 Å². The lowest BCUT2D eigenvalue weighted by Gasteiger charge is -2.20. The average Bonchev–Trinajstić information content (AvgIpc) is 3.53. The van der Waals surface area contributed by atoms with Crippen LogP contribution in [0.3, 0.4) is 0 Å². The summed E-state index contributed by atoms with van der Waals surface area (Å²) >= 11 is 0. The maximum Gasteiger partial charge on any atom is 0.332 e. The number of aliphatic hydroxyl groups is 1. The Balaban J connectivity index is 1.86. The predicted molar refractivity (Wildman–Crippen MR) is 141 cm³/mol. The molecule has 1 aromatic carbocycles. The topological polar surface area (TPSA) is 153 Å². The van der Waals surface area contributed by atoms with Crippen molar-refractivity contribution >= 4 is 16.9 Å². The molecular formula is C25H35N9O3. The third kappa shape index (κ3) is 5.65. The number of likely N-dealkylation sites (N-methyl/N-ethyl adjacent to an activating group) is 1. The second-order valence-electron chi connectivity index (χ2n) is 8.96. The molecule has 3 aromatic heterocycles. The van der Waals surface area contributed by atoms with E-state index in [0.717, 1.165) is 12.1 Å². The molecule has 4 N–H and O–H groups in total. The number of rotatable bonds is 13. The fourth-order valence-electron chi connectivity index (χ4n) is 4.60. The smallest absolute Gasteiger partial charge is 0.332 e. The number of hydrogen-bond donors (Lipinski definition) is 3. The maximum absolute atomic E-state index is 13.7. The SMILES string of the molecule is CCCn1c(=O)c2c(nc(Cc3ncn[nH]3)n2CCN(CC)CCO)n(CCc2ccccc2N)c1=O. The second kappa shape index (κ2) is 12.0. The molecule has 0 aliphatic carbocycles. The quantitative estimate of drug-likeness (QED) is 0.222. The fourth-order valence-corrected chi connectivity index (χ4v) is 4.60. The van der Waals surface area contributed by atoms with Crippen molar-refractivity contribution in [1.29, 1.82) is 0 Å². The van der Waals surface area contributed by atoms with E-state index in [9.17, 15) is 14.7 Å². The zero-order valence-corrected chi connectivity index (χ0v) is 21.4. The number of nitrogens with one attached hydrogen (secondary N) is 1. The van der Waals surface area contributed by atoms with Crippen LogP contribution in [0.15, 0.2) is 40.2 Å². The average molecular weight is 510 g/mol. The Morgan fingerprint density at radius 3 is 2.54 bits per heavy atom. The molecule has 0 spiro atoms. The highest BCUT2D eigenvalue weighted by atomic mass is 16.3. The van der Waals surface area contributed by atoms with E-state index in [-0.39, 0.29) is 17.9 Å². The Kier molecular flexibility index (Phi) is 8.51. The number of hydrogen-bond acceptors (Lipinski definition) is 8. The Morgan fingerprint density at radius 1 is 1.05 bits per heavy atom. The van der Waals surface area contributed by atoms with Crippen LogP contribution >= 0.6 is 0 Å². The number of para-hydroxylation sites is 1. The van der Waals surface area contributed by atoms with E-state index in [1.54, 1.807) is 4.57 Å². The van der Waals surface area contributed by atoms with Gasteiger partial charge in [-0.15, -0.1) is 0 Å². The van der Waals surface area contributed by atoms with Crippen LogP contribution in [0.5, 0.6) is 0 Å². The monoisotopic (exact) mass is 509 g/mol. The molecule has 0 amide bonds. The fraction of sp³-hybridized carbons (Fsp3) is 0.480. The number of imidazole rings is 1. The molecule has 0 saturated carbocycles. The van der Waals surface area contributed by atoms with Gasteiger partial charge in [-0.2, -0.15) is 5.10 Å². The van der Waals surface area contributed by atoms with E-state index in [4.69, 9.17) is 10.7 Å². The summed E-state index contributed by atoms with van der Waals surface area (Å²) in [5.41, 5.74) is 7.76. The van der Waals surface area contributed by atoms with Gasteiger partial charge in [-0.3, -0.25) is 23.9 Å². The van der Waals surface area contributed by atoms with Crippen LogP contribution in [0.25, 0.3) is 11.2 Å². The van der Waals surface area contributed by atoms with Gasteiger partial charge in [-0.1, -0.05) is 32.0 Å². The molecule has 0 radical (unpaired) electrons. The van der Waals surface area contributed by atoms with Crippen molar-refractivity contribution in [3.63, 3.8) is 0 Å². The van der Waals surface area contributed by atoms with Crippen molar-refractivity contribution < 1.29 is 5.11 Å². The zero-order chi connectivity index (χ0) is 26.4. The van der Waals surface area contributed by atoms with Gasteiger partial charge in [0.05, 0.1) is 13.0 Å². The lowest BCUT2D eigenvalue weighted by Crippen LogP contribution is -2.41. The second-order valence-corrected chi connectivity index (χ2v) is 8.96. The summed E-state index contributed by atoms with van der Waals surface area (Å²) in [6, 6.07) is 7.56. The summed E-state index contributed by atoms with van der Waals surface area (Å²) in [4.78, 5) is 38.3. The first-order chi connectivity index (χ1) is 18.0. The van der Waals surface area contributed by atoms with Crippen LogP contribution in [-0.4, -0.2) is 70.1 Å². The van der Waals surface area contributed by atoms with Crippen molar-refractivity contribution in [2.75, 3.05) is 32.0 Å². The number of nitrogens with zero attached hydrogens (tertiary/aromatic N) is 7. The van der Waals surface area contributed by atoms with Gasteiger partial charge in [0.2, 0.25) is 0 Å². The number of nitrogen functional groups attached to an aromatic ring is 1. The molecule has 4 aromatic rings. The molecule has 4 rings (SSSR count). The summed E-state index contributed by atoms with van der Waals surface area (Å²) in [6.07, 6.45) is 2.92. The highest BCUT2D eigenvalue weighted by Crippen LogP contribution is 2.17. The Morgan fingerprint density at radius 2 is 1.86 bits per heavy atom. The van der Waals surface area contributed by atoms with Crippen LogP contribution in [0.2, 0.25) is 0 Å². The minimum absolute atomic E-state index is 0.0505. The summed E-state index contributed by atoms with van der Waals surface area (Å²) in [5, 5.41) is 16.2. The maximum atomic E-state index is 13.7. The summed E-state index contributed by atoms with van der Waals surface area (Å²) in [7, 11) is 0. The van der Waals surface area contributed by atoms with Crippen LogP contribution in [0.1, 0.15) is 37.5 Å². The third-order valence-electron chi connectivity index (χ3n) is 6.59. The van der Waals surface area contributed by atoms with E-state index < -0.39 is 0 Å². The van der Waals surface area contributed by atoms with Gasteiger partial charge in [0.1, 0.15) is 18.0 Å². The van der Waals surface area contributed by atoms with Crippen LogP contribution in [-0.2, 0) is 32.5 Å². The van der Waals surface area contributed by atoms with Crippen LogP contribution < -0.4 is 17.0 Å². The number of fused-ring (bicyclic) bond motifs is 1. The molecule has 198 valence electrons. The van der Waals surface area contributed by atoms with E-state index in [0.29, 0.717) is 80.5 Å². The highest BCUT2D eigenvalue weighted by Gasteiger charge is 2.22. The molecule has 12 heteroatoms. The van der Waals surface area contributed by atoms with Gasteiger partial charge in [0.15, 0.2) is 11.2 Å². The molecule has 0 unspecified atom stereocenters. The summed E-state index contributed by atoms with van der Waals surface area (Å²) < 4.78 is 4.78. The molecule has 0 aliphatic rings. The molecule has 0 bridgehead atoms. The van der Waals surface area contributed by atoms with Gasteiger partial charge < -0.3 is 15.4 Å². The third-order valence-corrected chi connectivity index (χ3v) is 6.59. The number of aliphatic hydroxyl groups excluding tert-OH is 1. The van der Waals surface area contributed by atoms with Crippen molar-refractivity contribution in [3.05, 3.63) is 68.6 Å². The number of anilines is 1. The van der Waals surface area contributed by atoms with E-state index >= 15 is 0 Å². The Bertz CT molecular complexity index is 1440. The standard InChI is InChI=1S/C25H35N9O3/c1-3-10-34-24(36)22-23(33(25(34)37)11-9-18-7-5-6-8-19(18)26)29-21(16-20-27-17-28-30-20)32(22)13-12-31(4-2)14-15-35/h5-8,17,35H,3-4,9-16,26H2,1-2H3,(H,27,28,30). The first-order valence-electron chi connectivity index (χ1n) is 12.7. The largest absolute Gasteiger partial charge is 0.399 e. The van der Waals surface area contributed by atoms with Gasteiger partial charge >= 0.3 is 5.69 Å². The minimum atomic E-state index is -0.375. The van der Waals surface area contributed by atoms with Crippen molar-refractivity contribution in [2.24, 2.45) is 0 Å². The Labute approximate surface area is 214 Å². The summed E-state index contributed by atoms with van der Waals surface area (Å²) in [5.74, 6) is 1.23. The summed E-state index contributed by atoms with van der Waals surface area (Å²) in [6.45, 7) is 7.03. The number of aromatic nitrogens is 7. The molecule has 3 heterocycles. The molecular weight excluding hydrogens is 474 g/mol. The van der Waals surface area contributed by atoms with E-state index in [2.05, 4.69) is 20.1 Å². The van der Waals surface area contributed by atoms with Crippen molar-refractivity contribution in [2.45, 2.75) is 52.7 Å². The molecule has 0 aliphatic heterocycles. The number of aryl methyl sites for hydroxylation is 2. The predicted octanol–water partition coefficient (Wildman–Crippen LogP) is 0.618. The normalized spacial score (nSPS) is 11.7. The lowest BCUT2D eigenvalue weighted by molar-refractivity contribution is 0.197. The molecule has 0 saturated heterocycles. The molecule has 0 fully saturated rings. The van der Waals surface area contributed by atoms with Crippen molar-refractivity contribution in [1.82, 2.24) is 38.8 Å². The van der Waals surface area contributed by atoms with Gasteiger partial charge in [0, 0.05) is 38.4 Å². The van der Waals surface area contributed by atoms with Gasteiger partial charge in [0.25, 0.3) is 5.56 Å². The number of H-pyrrole nitrogens is 1. The minimum Gasteiger partial charge on any atom is -0.399 e. The molecule has 12 nitrogen and oxygen atoms in total. The first kappa shape index (κ1) is 26.3. The van der Waals surface area contributed by atoms with Crippen molar-refractivity contribution in [3.8, 4) is 0 Å². The Hall–Kier alpha value is -3.77.